The van der Waals surface area contributed by atoms with Gasteiger partial charge in [-0.2, -0.15) is 13.2 Å². The van der Waals surface area contributed by atoms with E-state index >= 15 is 0 Å². The van der Waals surface area contributed by atoms with Gasteiger partial charge >= 0.3 is 6.18 Å². The van der Waals surface area contributed by atoms with Crippen LogP contribution in [0.5, 0.6) is 0 Å². The van der Waals surface area contributed by atoms with Crippen molar-refractivity contribution in [2.24, 2.45) is 5.73 Å². The van der Waals surface area contributed by atoms with E-state index < -0.39 is 18.8 Å². The van der Waals surface area contributed by atoms with Gasteiger partial charge in [-0.25, -0.2) is 0 Å². The summed E-state index contributed by atoms with van der Waals surface area (Å²) in [7, 11) is 0. The van der Waals surface area contributed by atoms with Crippen molar-refractivity contribution in [3.8, 4) is 0 Å². The summed E-state index contributed by atoms with van der Waals surface area (Å²) >= 11 is 0. The first-order chi connectivity index (χ1) is 7.50. The summed E-state index contributed by atoms with van der Waals surface area (Å²) in [6.07, 6.45) is -4.30. The molecular formula is C11H15F3N2. The predicted molar refractivity (Wildman–Crippen MR) is 58.4 cm³/mol. The Morgan fingerprint density at radius 3 is 2.19 bits per heavy atom. The summed E-state index contributed by atoms with van der Waals surface area (Å²) in [6, 6.07) is 6.86. The van der Waals surface area contributed by atoms with Crippen LogP contribution in [-0.4, -0.2) is 25.3 Å². The van der Waals surface area contributed by atoms with Gasteiger partial charge < -0.3 is 10.6 Å². The number of hydrogen-bond acceptors (Lipinski definition) is 2. The molecule has 0 saturated heterocycles. The van der Waals surface area contributed by atoms with Crippen molar-refractivity contribution in [1.29, 1.82) is 0 Å². The van der Waals surface area contributed by atoms with Gasteiger partial charge in [0.25, 0.3) is 0 Å². The average molecular weight is 232 g/mol. The summed E-state index contributed by atoms with van der Waals surface area (Å²) in [5, 5.41) is 0. The highest BCUT2D eigenvalue weighted by Crippen LogP contribution is 2.27. The van der Waals surface area contributed by atoms with E-state index in [0.717, 1.165) is 0 Å². The van der Waals surface area contributed by atoms with E-state index in [4.69, 9.17) is 5.73 Å². The summed E-state index contributed by atoms with van der Waals surface area (Å²) < 4.78 is 38.2. The van der Waals surface area contributed by atoms with E-state index in [1.165, 1.54) is 4.90 Å². The maximum Gasteiger partial charge on any atom is 0.409 e. The van der Waals surface area contributed by atoms with Crippen LogP contribution in [0.2, 0.25) is 0 Å². The third-order valence-corrected chi connectivity index (χ3v) is 2.41. The molecule has 0 bridgehead atoms. The number of nitrogens with zero attached hydrogens (tertiary/aromatic N) is 1. The van der Waals surface area contributed by atoms with Gasteiger partial charge in [0.15, 0.2) is 0 Å². The summed E-state index contributed by atoms with van der Waals surface area (Å²) in [5.41, 5.74) is 5.75. The van der Waals surface area contributed by atoms with E-state index in [-0.39, 0.29) is 6.54 Å². The van der Waals surface area contributed by atoms with Crippen LogP contribution >= 0.6 is 0 Å². The Balaban J connectivity index is 2.97. The molecule has 2 nitrogen and oxygen atoms in total. The average Bonchev–Trinajstić information content (AvgIpc) is 2.25. The molecule has 2 N–H and O–H groups in total. The quantitative estimate of drug-likeness (QED) is 0.863. The Kier molecular flexibility index (Phi) is 4.18. The Bertz CT molecular complexity index is 311. The molecule has 0 saturated carbocycles. The lowest BCUT2D eigenvalue weighted by Crippen LogP contribution is -2.50. The van der Waals surface area contributed by atoms with E-state index in [1.54, 1.807) is 37.3 Å². The van der Waals surface area contributed by atoms with Gasteiger partial charge in [0.1, 0.15) is 6.04 Å². The largest absolute Gasteiger partial charge is 0.409 e. The van der Waals surface area contributed by atoms with Crippen molar-refractivity contribution in [2.45, 2.75) is 19.1 Å². The third kappa shape index (κ3) is 2.88. The summed E-state index contributed by atoms with van der Waals surface area (Å²) in [6.45, 7) is 1.51. The highest BCUT2D eigenvalue weighted by Gasteiger charge is 2.42. The van der Waals surface area contributed by atoms with Crippen molar-refractivity contribution in [2.75, 3.05) is 18.0 Å². The van der Waals surface area contributed by atoms with Crippen LogP contribution in [0.4, 0.5) is 18.9 Å². The highest BCUT2D eigenvalue weighted by molar-refractivity contribution is 5.47. The number of rotatable bonds is 4. The lowest BCUT2D eigenvalue weighted by molar-refractivity contribution is -0.146. The molecule has 0 fully saturated rings. The SMILES string of the molecule is CCN(c1ccccc1)C(CN)C(F)(F)F. The zero-order chi connectivity index (χ0) is 12.2. The molecule has 16 heavy (non-hydrogen) atoms. The fourth-order valence-electron chi connectivity index (χ4n) is 1.64. The van der Waals surface area contributed by atoms with Crippen LogP contribution in [0.1, 0.15) is 6.92 Å². The molecule has 0 heterocycles. The monoisotopic (exact) mass is 232 g/mol. The number of alkyl halides is 3. The lowest BCUT2D eigenvalue weighted by atomic mass is 10.2. The molecule has 0 aliphatic carbocycles. The number of halogens is 3. The number of anilines is 1. The molecule has 0 aliphatic rings. The maximum absolute atomic E-state index is 12.7. The Labute approximate surface area is 92.9 Å². The Morgan fingerprint density at radius 1 is 1.25 bits per heavy atom. The molecule has 1 unspecified atom stereocenters. The van der Waals surface area contributed by atoms with Gasteiger partial charge in [0.2, 0.25) is 0 Å². The number of nitrogens with two attached hydrogens (primary N) is 1. The maximum atomic E-state index is 12.7. The number of likely N-dealkylation sites (N-methyl/N-ethyl adjacent to an activating group) is 1. The predicted octanol–water partition coefficient (Wildman–Crippen LogP) is 2.40. The van der Waals surface area contributed by atoms with Crippen molar-refractivity contribution in [1.82, 2.24) is 0 Å². The van der Waals surface area contributed by atoms with Gasteiger partial charge in [0, 0.05) is 18.8 Å². The van der Waals surface area contributed by atoms with Gasteiger partial charge in [-0.3, -0.25) is 0 Å². The van der Waals surface area contributed by atoms with Crippen molar-refractivity contribution >= 4 is 5.69 Å². The van der Waals surface area contributed by atoms with Crippen LogP contribution in [0.3, 0.4) is 0 Å². The molecule has 1 atom stereocenters. The normalized spacial score (nSPS) is 13.6. The van der Waals surface area contributed by atoms with Crippen LogP contribution in [0.25, 0.3) is 0 Å². The second-order valence-corrected chi connectivity index (χ2v) is 3.41. The minimum atomic E-state index is -4.30. The molecule has 0 radical (unpaired) electrons. The summed E-state index contributed by atoms with van der Waals surface area (Å²) in [4.78, 5) is 1.26. The third-order valence-electron chi connectivity index (χ3n) is 2.41. The minimum Gasteiger partial charge on any atom is -0.359 e. The summed E-state index contributed by atoms with van der Waals surface area (Å²) in [5.74, 6) is 0. The van der Waals surface area contributed by atoms with Crippen LogP contribution in [0, 0.1) is 0 Å². The first-order valence-electron chi connectivity index (χ1n) is 5.09. The first kappa shape index (κ1) is 12.8. The van der Waals surface area contributed by atoms with E-state index in [2.05, 4.69) is 0 Å². The Morgan fingerprint density at radius 2 is 1.81 bits per heavy atom. The second-order valence-electron chi connectivity index (χ2n) is 3.41. The Hall–Kier alpha value is -1.23. The van der Waals surface area contributed by atoms with Crippen LogP contribution in [0.15, 0.2) is 30.3 Å². The topological polar surface area (TPSA) is 29.3 Å². The fraction of sp³-hybridized carbons (Fsp3) is 0.455. The molecule has 0 aromatic heterocycles. The second kappa shape index (κ2) is 5.21. The molecule has 1 rings (SSSR count). The standard InChI is InChI=1S/C11H15F3N2/c1-2-16(9-6-4-3-5-7-9)10(8-15)11(12,13)14/h3-7,10H,2,8,15H2,1H3. The molecule has 1 aromatic rings. The van der Waals surface area contributed by atoms with Crippen LogP contribution in [-0.2, 0) is 0 Å². The van der Waals surface area contributed by atoms with Crippen molar-refractivity contribution in [3.63, 3.8) is 0 Å². The zero-order valence-corrected chi connectivity index (χ0v) is 9.04. The lowest BCUT2D eigenvalue weighted by Gasteiger charge is -2.33. The zero-order valence-electron chi connectivity index (χ0n) is 9.04. The highest BCUT2D eigenvalue weighted by atomic mass is 19.4. The number of para-hydroxylation sites is 1. The molecule has 1 aromatic carbocycles. The van der Waals surface area contributed by atoms with Crippen LogP contribution < -0.4 is 10.6 Å². The van der Waals surface area contributed by atoms with Crippen molar-refractivity contribution < 1.29 is 13.2 Å². The van der Waals surface area contributed by atoms with Gasteiger partial charge in [-0.05, 0) is 19.1 Å². The number of benzene rings is 1. The van der Waals surface area contributed by atoms with Gasteiger partial charge in [0.05, 0.1) is 0 Å². The molecule has 5 heteroatoms. The minimum absolute atomic E-state index is 0.269. The van der Waals surface area contributed by atoms with E-state index in [9.17, 15) is 13.2 Å². The molecular weight excluding hydrogens is 217 g/mol. The molecule has 0 spiro atoms. The van der Waals surface area contributed by atoms with Gasteiger partial charge in [-0.1, -0.05) is 18.2 Å². The molecule has 0 amide bonds. The number of hydrogen-bond donors (Lipinski definition) is 1. The molecule has 0 aliphatic heterocycles. The van der Waals surface area contributed by atoms with Gasteiger partial charge in [-0.15, -0.1) is 0 Å². The molecule has 90 valence electrons. The smallest absolute Gasteiger partial charge is 0.359 e. The van der Waals surface area contributed by atoms with E-state index in [1.807, 2.05) is 0 Å². The van der Waals surface area contributed by atoms with E-state index in [0.29, 0.717) is 5.69 Å². The fourth-order valence-corrected chi connectivity index (χ4v) is 1.64. The first-order valence-corrected chi connectivity index (χ1v) is 5.09. The van der Waals surface area contributed by atoms with Crippen molar-refractivity contribution in [3.05, 3.63) is 30.3 Å².